The van der Waals surface area contributed by atoms with Crippen LogP contribution in [-0.2, 0) is 25.6 Å². The molecule has 1 aromatic carbocycles. The molecule has 1 aliphatic rings. The number of carboxylic acid groups (broad SMARTS) is 1. The van der Waals surface area contributed by atoms with Crippen LogP contribution in [0.5, 0.6) is 0 Å². The van der Waals surface area contributed by atoms with Crippen LogP contribution in [0.25, 0.3) is 0 Å². The number of rotatable bonds is 15. The number of carbonyl (C=O) groups is 4. The van der Waals surface area contributed by atoms with E-state index in [4.69, 9.17) is 5.73 Å². The third-order valence-electron chi connectivity index (χ3n) is 6.65. The molecule has 200 valence electrons. The van der Waals surface area contributed by atoms with Crippen LogP contribution in [0.2, 0.25) is 0 Å². The van der Waals surface area contributed by atoms with Crippen molar-refractivity contribution in [3.63, 3.8) is 0 Å². The fraction of sp³-hybridized carbons (Fsp3) is 0.615. The molecule has 2 rings (SSSR count). The molecule has 10 heteroatoms. The summed E-state index contributed by atoms with van der Waals surface area (Å²) in [4.78, 5) is 51.0. The molecule has 1 fully saturated rings. The molecular weight excluding hydrogens is 462 g/mol. The summed E-state index contributed by atoms with van der Waals surface area (Å²) in [5.74, 6) is -2.68. The largest absolute Gasteiger partial charge is 0.480 e. The Balaban J connectivity index is 2.16. The third-order valence-corrected chi connectivity index (χ3v) is 6.65. The Kier molecular flexibility index (Phi) is 12.4. The zero-order valence-corrected chi connectivity index (χ0v) is 21.3. The van der Waals surface area contributed by atoms with Gasteiger partial charge in [0.05, 0.1) is 6.04 Å². The number of nitrogens with one attached hydrogen (secondary N) is 4. The fourth-order valence-corrected chi connectivity index (χ4v) is 4.21. The summed E-state index contributed by atoms with van der Waals surface area (Å²) in [5, 5.41) is 20.9. The van der Waals surface area contributed by atoms with Crippen molar-refractivity contribution in [2.45, 2.75) is 83.0 Å². The van der Waals surface area contributed by atoms with Gasteiger partial charge in [-0.3, -0.25) is 14.4 Å². The predicted octanol–water partition coefficient (Wildman–Crippen LogP) is 0.695. The number of hydrogen-bond acceptors (Lipinski definition) is 6. The van der Waals surface area contributed by atoms with Crippen LogP contribution in [0.3, 0.4) is 0 Å². The lowest BCUT2D eigenvalue weighted by atomic mass is 9.96. The summed E-state index contributed by atoms with van der Waals surface area (Å²) in [5.41, 5.74) is 6.36. The first-order valence-corrected chi connectivity index (χ1v) is 12.9. The maximum absolute atomic E-state index is 13.4. The maximum atomic E-state index is 13.4. The lowest BCUT2D eigenvalue weighted by Crippen LogP contribution is -2.59. The third kappa shape index (κ3) is 9.23. The van der Waals surface area contributed by atoms with Gasteiger partial charge in [-0.25, -0.2) is 4.79 Å². The number of nitrogens with two attached hydrogens (primary N) is 1. The first kappa shape index (κ1) is 29.3. The van der Waals surface area contributed by atoms with Gasteiger partial charge >= 0.3 is 5.97 Å². The smallest absolute Gasteiger partial charge is 0.326 e. The van der Waals surface area contributed by atoms with Crippen LogP contribution < -0.4 is 27.0 Å². The standard InChI is InChI=1S/C26H41N5O5/c1-3-17(2)22(25(34)29-20(26(35)36)12-7-8-14-27)31-24(33)21(16-18-10-5-4-6-11-18)30-23(32)19-13-9-15-28-19/h4-6,10-11,17,19-22,28H,3,7-9,12-16,27H2,1-2H3,(H,29,34)(H,30,32)(H,31,33)(H,35,36). The van der Waals surface area contributed by atoms with Gasteiger partial charge in [0.1, 0.15) is 18.1 Å². The van der Waals surface area contributed by atoms with E-state index in [1.165, 1.54) is 0 Å². The second-order valence-electron chi connectivity index (χ2n) is 9.46. The molecule has 7 N–H and O–H groups in total. The highest BCUT2D eigenvalue weighted by atomic mass is 16.4. The van der Waals surface area contributed by atoms with Crippen LogP contribution in [0.15, 0.2) is 30.3 Å². The number of carboxylic acids is 1. The van der Waals surface area contributed by atoms with Crippen molar-refractivity contribution in [3.05, 3.63) is 35.9 Å². The van der Waals surface area contributed by atoms with Gasteiger partial charge < -0.3 is 32.1 Å². The monoisotopic (exact) mass is 503 g/mol. The molecule has 36 heavy (non-hydrogen) atoms. The molecule has 5 unspecified atom stereocenters. The normalized spacial score (nSPS) is 18.5. The number of amides is 3. The number of benzene rings is 1. The van der Waals surface area contributed by atoms with E-state index in [9.17, 15) is 24.3 Å². The highest BCUT2D eigenvalue weighted by Gasteiger charge is 2.33. The zero-order chi connectivity index (χ0) is 26.5. The van der Waals surface area contributed by atoms with Gasteiger partial charge in [-0.2, -0.15) is 0 Å². The minimum absolute atomic E-state index is 0.251. The Morgan fingerprint density at radius 1 is 1.06 bits per heavy atom. The Bertz CT molecular complexity index is 860. The summed E-state index contributed by atoms with van der Waals surface area (Å²) in [6.07, 6.45) is 3.91. The Morgan fingerprint density at radius 2 is 1.78 bits per heavy atom. The van der Waals surface area contributed by atoms with E-state index in [0.717, 1.165) is 18.5 Å². The summed E-state index contributed by atoms with van der Waals surface area (Å²) in [7, 11) is 0. The summed E-state index contributed by atoms with van der Waals surface area (Å²) < 4.78 is 0. The van der Waals surface area contributed by atoms with Gasteiger partial charge in [0, 0.05) is 6.42 Å². The first-order chi connectivity index (χ1) is 17.3. The van der Waals surface area contributed by atoms with Crippen molar-refractivity contribution in [2.24, 2.45) is 11.7 Å². The number of unbranched alkanes of at least 4 members (excludes halogenated alkanes) is 1. The Labute approximate surface area is 213 Å². The molecule has 0 saturated carbocycles. The van der Waals surface area contributed by atoms with Gasteiger partial charge in [0.2, 0.25) is 17.7 Å². The number of aliphatic carboxylic acids is 1. The molecule has 0 aliphatic carbocycles. The van der Waals surface area contributed by atoms with E-state index in [2.05, 4.69) is 21.3 Å². The van der Waals surface area contributed by atoms with Gasteiger partial charge in [-0.1, -0.05) is 50.6 Å². The second-order valence-corrected chi connectivity index (χ2v) is 9.46. The van der Waals surface area contributed by atoms with Crippen molar-refractivity contribution in [3.8, 4) is 0 Å². The molecule has 1 aliphatic heterocycles. The topological polar surface area (TPSA) is 163 Å². The molecule has 1 heterocycles. The van der Waals surface area contributed by atoms with Crippen LogP contribution in [-0.4, -0.2) is 66.1 Å². The quantitative estimate of drug-likeness (QED) is 0.192. The average molecular weight is 504 g/mol. The summed E-state index contributed by atoms with van der Waals surface area (Å²) >= 11 is 0. The van der Waals surface area contributed by atoms with Crippen molar-refractivity contribution in [2.75, 3.05) is 13.1 Å². The molecule has 10 nitrogen and oxygen atoms in total. The number of carbonyl (C=O) groups excluding carboxylic acids is 3. The minimum atomic E-state index is -1.13. The lowest BCUT2D eigenvalue weighted by molar-refractivity contribution is -0.143. The van der Waals surface area contributed by atoms with Crippen LogP contribution in [0, 0.1) is 5.92 Å². The lowest BCUT2D eigenvalue weighted by Gasteiger charge is -2.28. The van der Waals surface area contributed by atoms with E-state index < -0.39 is 35.9 Å². The molecule has 5 atom stereocenters. The zero-order valence-electron chi connectivity index (χ0n) is 21.3. The van der Waals surface area contributed by atoms with E-state index in [-0.39, 0.29) is 30.7 Å². The molecular formula is C26H41N5O5. The molecule has 0 bridgehead atoms. The Hall–Kier alpha value is -2.98. The second kappa shape index (κ2) is 15.2. The van der Waals surface area contributed by atoms with Crippen molar-refractivity contribution < 1.29 is 24.3 Å². The average Bonchev–Trinajstić information content (AvgIpc) is 3.41. The van der Waals surface area contributed by atoms with E-state index in [1.54, 1.807) is 0 Å². The number of hydrogen-bond donors (Lipinski definition) is 6. The molecule has 1 aromatic rings. The van der Waals surface area contributed by atoms with E-state index in [0.29, 0.717) is 32.2 Å². The van der Waals surface area contributed by atoms with Crippen molar-refractivity contribution >= 4 is 23.7 Å². The van der Waals surface area contributed by atoms with Crippen LogP contribution in [0.4, 0.5) is 0 Å². The van der Waals surface area contributed by atoms with Gasteiger partial charge in [-0.15, -0.1) is 0 Å². The van der Waals surface area contributed by atoms with Gasteiger partial charge in [0.25, 0.3) is 0 Å². The molecule has 0 spiro atoms. The molecule has 0 radical (unpaired) electrons. The van der Waals surface area contributed by atoms with Crippen molar-refractivity contribution in [1.82, 2.24) is 21.3 Å². The predicted molar refractivity (Wildman–Crippen MR) is 137 cm³/mol. The van der Waals surface area contributed by atoms with E-state index >= 15 is 0 Å². The fourth-order valence-electron chi connectivity index (χ4n) is 4.21. The minimum Gasteiger partial charge on any atom is -0.480 e. The highest BCUT2D eigenvalue weighted by molar-refractivity contribution is 5.94. The van der Waals surface area contributed by atoms with Gasteiger partial charge in [-0.05, 0) is 56.7 Å². The summed E-state index contributed by atoms with van der Waals surface area (Å²) in [6.45, 7) is 4.90. The maximum Gasteiger partial charge on any atom is 0.326 e. The van der Waals surface area contributed by atoms with Crippen LogP contribution >= 0.6 is 0 Å². The van der Waals surface area contributed by atoms with Crippen LogP contribution in [0.1, 0.15) is 57.9 Å². The molecule has 3 amide bonds. The van der Waals surface area contributed by atoms with Crippen molar-refractivity contribution in [1.29, 1.82) is 0 Å². The molecule has 0 aromatic heterocycles. The highest BCUT2D eigenvalue weighted by Crippen LogP contribution is 2.12. The summed E-state index contributed by atoms with van der Waals surface area (Å²) in [6, 6.07) is 6.08. The Morgan fingerprint density at radius 3 is 2.36 bits per heavy atom. The molecule has 1 saturated heterocycles. The SMILES string of the molecule is CCC(C)C(NC(=O)C(Cc1ccccc1)NC(=O)C1CCCN1)C(=O)NC(CCCCN)C(=O)O. The van der Waals surface area contributed by atoms with E-state index in [1.807, 2.05) is 44.2 Å². The van der Waals surface area contributed by atoms with Gasteiger partial charge in [0.15, 0.2) is 0 Å². The first-order valence-electron chi connectivity index (χ1n) is 12.9.